The standard InChI is InChI=1S/C12H25NO3/c1-7(2)15-12-11(13-5)9(4)8(3)10(6-14)16-12/h7-14H,6H2,1-5H3/t8-,9?,10?,11-,12-/m0/s1. The summed E-state index contributed by atoms with van der Waals surface area (Å²) in [5.74, 6) is 0.745. The van der Waals surface area contributed by atoms with Crippen molar-refractivity contribution in [1.29, 1.82) is 0 Å². The van der Waals surface area contributed by atoms with Crippen LogP contribution in [0.2, 0.25) is 0 Å². The first kappa shape index (κ1) is 13.9. The van der Waals surface area contributed by atoms with Gasteiger partial charge in [0.25, 0.3) is 0 Å². The number of aliphatic hydroxyl groups excluding tert-OH is 1. The van der Waals surface area contributed by atoms with E-state index in [1.807, 2.05) is 20.9 Å². The largest absolute Gasteiger partial charge is 0.394 e. The molecule has 4 heteroatoms. The fourth-order valence-corrected chi connectivity index (χ4v) is 2.29. The molecule has 0 amide bonds. The molecule has 0 bridgehead atoms. The highest BCUT2D eigenvalue weighted by atomic mass is 16.7. The molecule has 1 saturated heterocycles. The Bertz CT molecular complexity index is 210. The van der Waals surface area contributed by atoms with E-state index in [0.29, 0.717) is 11.8 Å². The maximum Gasteiger partial charge on any atom is 0.173 e. The molecule has 2 unspecified atom stereocenters. The van der Waals surface area contributed by atoms with Crippen LogP contribution in [0.1, 0.15) is 27.7 Å². The van der Waals surface area contributed by atoms with Gasteiger partial charge in [-0.05, 0) is 32.7 Å². The first-order valence-electron chi connectivity index (χ1n) is 6.10. The molecule has 0 aromatic carbocycles. The Hall–Kier alpha value is -0.160. The van der Waals surface area contributed by atoms with E-state index in [0.717, 1.165) is 0 Å². The van der Waals surface area contributed by atoms with Crippen molar-refractivity contribution in [1.82, 2.24) is 5.32 Å². The van der Waals surface area contributed by atoms with Crippen LogP contribution in [0.3, 0.4) is 0 Å². The Balaban J connectivity index is 2.73. The third-order valence-corrected chi connectivity index (χ3v) is 3.50. The number of rotatable bonds is 4. The van der Waals surface area contributed by atoms with E-state index in [2.05, 4.69) is 19.2 Å². The molecule has 0 radical (unpaired) electrons. The van der Waals surface area contributed by atoms with E-state index in [1.54, 1.807) is 0 Å². The summed E-state index contributed by atoms with van der Waals surface area (Å²) >= 11 is 0. The van der Waals surface area contributed by atoms with Gasteiger partial charge >= 0.3 is 0 Å². The second kappa shape index (κ2) is 5.96. The highest BCUT2D eigenvalue weighted by Gasteiger charge is 2.41. The second-order valence-corrected chi connectivity index (χ2v) is 4.94. The lowest BCUT2D eigenvalue weighted by molar-refractivity contribution is -0.253. The smallest absolute Gasteiger partial charge is 0.173 e. The summed E-state index contributed by atoms with van der Waals surface area (Å²) < 4.78 is 11.5. The van der Waals surface area contributed by atoms with Crippen LogP contribution < -0.4 is 5.32 Å². The van der Waals surface area contributed by atoms with Crippen LogP contribution in [-0.4, -0.2) is 43.3 Å². The lowest BCUT2D eigenvalue weighted by atomic mass is 9.82. The molecule has 0 aromatic rings. The number of aliphatic hydroxyl groups is 1. The zero-order valence-electron chi connectivity index (χ0n) is 10.9. The lowest BCUT2D eigenvalue weighted by Gasteiger charge is -2.44. The van der Waals surface area contributed by atoms with Crippen molar-refractivity contribution in [3.63, 3.8) is 0 Å². The van der Waals surface area contributed by atoms with Crippen molar-refractivity contribution in [3.05, 3.63) is 0 Å². The van der Waals surface area contributed by atoms with Gasteiger partial charge in [0.15, 0.2) is 6.29 Å². The topological polar surface area (TPSA) is 50.7 Å². The summed E-state index contributed by atoms with van der Waals surface area (Å²) in [6.45, 7) is 8.33. The van der Waals surface area contributed by atoms with E-state index in [1.165, 1.54) is 0 Å². The molecule has 1 heterocycles. The van der Waals surface area contributed by atoms with Crippen molar-refractivity contribution in [2.75, 3.05) is 13.7 Å². The van der Waals surface area contributed by atoms with Gasteiger partial charge in [0.2, 0.25) is 0 Å². The van der Waals surface area contributed by atoms with E-state index in [9.17, 15) is 5.11 Å². The summed E-state index contributed by atoms with van der Waals surface area (Å²) in [4.78, 5) is 0. The predicted octanol–water partition coefficient (Wildman–Crippen LogP) is 0.989. The molecule has 1 fully saturated rings. The molecule has 0 spiro atoms. The van der Waals surface area contributed by atoms with Crippen LogP contribution in [0.5, 0.6) is 0 Å². The van der Waals surface area contributed by atoms with Gasteiger partial charge in [0.1, 0.15) is 0 Å². The van der Waals surface area contributed by atoms with Gasteiger partial charge < -0.3 is 19.9 Å². The number of ether oxygens (including phenoxy) is 2. The third kappa shape index (κ3) is 2.94. The molecule has 0 saturated carbocycles. The molecule has 0 aromatic heterocycles. The van der Waals surface area contributed by atoms with Gasteiger partial charge in [0, 0.05) is 0 Å². The highest BCUT2D eigenvalue weighted by molar-refractivity contribution is 4.88. The summed E-state index contributed by atoms with van der Waals surface area (Å²) in [7, 11) is 1.92. The monoisotopic (exact) mass is 231 g/mol. The molecule has 96 valence electrons. The van der Waals surface area contributed by atoms with Crippen LogP contribution in [0, 0.1) is 11.8 Å². The normalized spacial score (nSPS) is 40.3. The molecule has 1 rings (SSSR count). The Morgan fingerprint density at radius 2 is 1.94 bits per heavy atom. The van der Waals surface area contributed by atoms with Gasteiger partial charge in [0.05, 0.1) is 24.9 Å². The molecule has 4 nitrogen and oxygen atoms in total. The number of hydrogen-bond acceptors (Lipinski definition) is 4. The Labute approximate surface area is 98.3 Å². The lowest BCUT2D eigenvalue weighted by Crippen LogP contribution is -2.56. The molecule has 1 aliphatic rings. The van der Waals surface area contributed by atoms with E-state index >= 15 is 0 Å². The minimum absolute atomic E-state index is 0.0555. The first-order valence-corrected chi connectivity index (χ1v) is 6.10. The second-order valence-electron chi connectivity index (χ2n) is 4.94. The quantitative estimate of drug-likeness (QED) is 0.757. The average Bonchev–Trinajstić information content (AvgIpc) is 2.23. The van der Waals surface area contributed by atoms with Crippen molar-refractivity contribution in [2.45, 2.75) is 52.2 Å². The molecular weight excluding hydrogens is 206 g/mol. The zero-order valence-corrected chi connectivity index (χ0v) is 10.9. The first-order chi connectivity index (χ1) is 7.51. The van der Waals surface area contributed by atoms with Crippen LogP contribution in [0.4, 0.5) is 0 Å². The Morgan fingerprint density at radius 1 is 1.31 bits per heavy atom. The van der Waals surface area contributed by atoms with Crippen LogP contribution in [-0.2, 0) is 9.47 Å². The number of likely N-dealkylation sites (N-methyl/N-ethyl adjacent to an activating group) is 1. The fraction of sp³-hybridized carbons (Fsp3) is 1.00. The van der Waals surface area contributed by atoms with Gasteiger partial charge in [-0.2, -0.15) is 0 Å². The van der Waals surface area contributed by atoms with E-state index in [-0.39, 0.29) is 31.1 Å². The molecular formula is C12H25NO3. The van der Waals surface area contributed by atoms with Crippen LogP contribution in [0.15, 0.2) is 0 Å². The summed E-state index contributed by atoms with van der Waals surface area (Å²) in [6.07, 6.45) is -0.266. The van der Waals surface area contributed by atoms with Crippen molar-refractivity contribution >= 4 is 0 Å². The Kier molecular flexibility index (Phi) is 5.18. The van der Waals surface area contributed by atoms with E-state index < -0.39 is 0 Å². The Morgan fingerprint density at radius 3 is 2.38 bits per heavy atom. The van der Waals surface area contributed by atoms with Crippen LogP contribution >= 0.6 is 0 Å². The van der Waals surface area contributed by atoms with Gasteiger partial charge in [-0.1, -0.05) is 13.8 Å². The van der Waals surface area contributed by atoms with Crippen molar-refractivity contribution < 1.29 is 14.6 Å². The van der Waals surface area contributed by atoms with Crippen LogP contribution in [0.25, 0.3) is 0 Å². The minimum Gasteiger partial charge on any atom is -0.394 e. The summed E-state index contributed by atoms with van der Waals surface area (Å²) in [5.41, 5.74) is 0. The molecule has 1 aliphatic heterocycles. The maximum absolute atomic E-state index is 9.29. The van der Waals surface area contributed by atoms with Gasteiger partial charge in [-0.25, -0.2) is 0 Å². The number of hydrogen-bond donors (Lipinski definition) is 2. The summed E-state index contributed by atoms with van der Waals surface area (Å²) in [6, 6.07) is 0.181. The third-order valence-electron chi connectivity index (χ3n) is 3.50. The van der Waals surface area contributed by atoms with Crippen molar-refractivity contribution in [2.24, 2.45) is 11.8 Å². The minimum atomic E-state index is -0.270. The fourth-order valence-electron chi connectivity index (χ4n) is 2.29. The molecule has 0 aliphatic carbocycles. The van der Waals surface area contributed by atoms with Crippen molar-refractivity contribution in [3.8, 4) is 0 Å². The maximum atomic E-state index is 9.29. The van der Waals surface area contributed by atoms with Gasteiger partial charge in [-0.3, -0.25) is 0 Å². The molecule has 2 N–H and O–H groups in total. The molecule has 5 atom stereocenters. The van der Waals surface area contributed by atoms with E-state index in [4.69, 9.17) is 9.47 Å². The highest BCUT2D eigenvalue weighted by Crippen LogP contribution is 2.31. The molecule has 16 heavy (non-hydrogen) atoms. The summed E-state index contributed by atoms with van der Waals surface area (Å²) in [5, 5.41) is 12.5. The zero-order chi connectivity index (χ0) is 12.3. The number of nitrogens with one attached hydrogen (secondary N) is 1. The SMILES string of the molecule is CN[C@H]1C(C)[C@H](C)C(CO)O[C@@H]1OC(C)C. The average molecular weight is 231 g/mol. The predicted molar refractivity (Wildman–Crippen MR) is 63.1 cm³/mol. The van der Waals surface area contributed by atoms with Gasteiger partial charge in [-0.15, -0.1) is 0 Å².